The Morgan fingerprint density at radius 3 is 2.20 bits per heavy atom. The minimum atomic E-state index is -0.885. The van der Waals surface area contributed by atoms with Crippen LogP contribution in [0.2, 0.25) is 0 Å². The molecule has 0 fully saturated rings. The SMILES string of the molecule is CC(C)(C)c1cc(CNC(C)(C)C(C)(C)C(=O)O)no1. The number of hydrogen-bond acceptors (Lipinski definition) is 4. The van der Waals surface area contributed by atoms with E-state index in [1.54, 1.807) is 13.8 Å². The van der Waals surface area contributed by atoms with Gasteiger partial charge in [0.15, 0.2) is 0 Å². The standard InChI is InChI=1S/C15H26N2O3/c1-13(2,3)11-8-10(17-20-11)9-16-15(6,7)14(4,5)12(18)19/h8,16H,9H2,1-7H3,(H,18,19). The molecule has 0 saturated heterocycles. The van der Waals surface area contributed by atoms with Crippen molar-refractivity contribution < 1.29 is 14.4 Å². The van der Waals surface area contributed by atoms with Gasteiger partial charge in [-0.3, -0.25) is 4.79 Å². The molecule has 114 valence electrons. The highest BCUT2D eigenvalue weighted by Gasteiger charge is 2.43. The maximum Gasteiger partial charge on any atom is 0.310 e. The van der Waals surface area contributed by atoms with E-state index in [-0.39, 0.29) is 5.41 Å². The summed E-state index contributed by atoms with van der Waals surface area (Å²) in [5.41, 5.74) is -0.756. The molecule has 0 atom stereocenters. The number of aliphatic carboxylic acids is 1. The van der Waals surface area contributed by atoms with Crippen molar-refractivity contribution in [3.8, 4) is 0 Å². The topological polar surface area (TPSA) is 75.4 Å². The van der Waals surface area contributed by atoms with Gasteiger partial charge in [-0.15, -0.1) is 0 Å². The van der Waals surface area contributed by atoms with Gasteiger partial charge in [-0.05, 0) is 27.7 Å². The Hall–Kier alpha value is -1.36. The second-order valence-electron chi connectivity index (χ2n) is 7.34. The number of carboxylic acid groups (broad SMARTS) is 1. The van der Waals surface area contributed by atoms with Crippen LogP contribution >= 0.6 is 0 Å². The Kier molecular flexibility index (Phi) is 4.34. The van der Waals surface area contributed by atoms with Crippen molar-refractivity contribution in [2.24, 2.45) is 5.41 Å². The molecule has 0 aliphatic heterocycles. The van der Waals surface area contributed by atoms with Gasteiger partial charge in [0, 0.05) is 23.6 Å². The fraction of sp³-hybridized carbons (Fsp3) is 0.733. The first-order chi connectivity index (χ1) is 8.88. The molecule has 0 aliphatic carbocycles. The molecule has 5 nitrogen and oxygen atoms in total. The zero-order valence-electron chi connectivity index (χ0n) is 13.5. The lowest BCUT2D eigenvalue weighted by atomic mass is 9.74. The average molecular weight is 282 g/mol. The van der Waals surface area contributed by atoms with Gasteiger partial charge in [0.2, 0.25) is 0 Å². The van der Waals surface area contributed by atoms with Crippen LogP contribution in [-0.4, -0.2) is 21.8 Å². The Labute approximate surface area is 120 Å². The van der Waals surface area contributed by atoms with Crippen LogP contribution in [0.4, 0.5) is 0 Å². The van der Waals surface area contributed by atoms with Crippen LogP contribution in [-0.2, 0) is 16.8 Å². The molecule has 0 bridgehead atoms. The van der Waals surface area contributed by atoms with E-state index in [2.05, 4.69) is 31.2 Å². The fourth-order valence-electron chi connectivity index (χ4n) is 1.55. The van der Waals surface area contributed by atoms with Crippen molar-refractivity contribution in [2.45, 2.75) is 66.0 Å². The van der Waals surface area contributed by atoms with Crippen molar-refractivity contribution in [3.05, 3.63) is 17.5 Å². The normalized spacial score (nSPS) is 13.6. The van der Waals surface area contributed by atoms with Crippen LogP contribution in [0.1, 0.15) is 59.9 Å². The summed E-state index contributed by atoms with van der Waals surface area (Å²) in [6.45, 7) is 13.8. The molecule has 1 rings (SSSR count). The predicted octanol–water partition coefficient (Wildman–Crippen LogP) is 2.95. The van der Waals surface area contributed by atoms with Crippen molar-refractivity contribution in [3.63, 3.8) is 0 Å². The second-order valence-corrected chi connectivity index (χ2v) is 7.34. The highest BCUT2D eigenvalue weighted by atomic mass is 16.5. The lowest BCUT2D eigenvalue weighted by Crippen LogP contribution is -2.54. The minimum absolute atomic E-state index is 0.0822. The first kappa shape index (κ1) is 16.7. The molecule has 0 amide bonds. The summed E-state index contributed by atoms with van der Waals surface area (Å²) in [5.74, 6) is -0.00451. The summed E-state index contributed by atoms with van der Waals surface area (Å²) in [4.78, 5) is 11.3. The first-order valence-electron chi connectivity index (χ1n) is 6.82. The van der Waals surface area contributed by atoms with Gasteiger partial charge < -0.3 is 14.9 Å². The Balaban J connectivity index is 2.77. The van der Waals surface area contributed by atoms with E-state index >= 15 is 0 Å². The summed E-state index contributed by atoms with van der Waals surface area (Å²) in [7, 11) is 0. The smallest absolute Gasteiger partial charge is 0.310 e. The molecule has 1 aromatic rings. The molecular formula is C15H26N2O3. The number of nitrogens with one attached hydrogen (secondary N) is 1. The van der Waals surface area contributed by atoms with Gasteiger partial charge in [0.05, 0.1) is 11.1 Å². The number of carbonyl (C=O) groups is 1. The largest absolute Gasteiger partial charge is 0.481 e. The minimum Gasteiger partial charge on any atom is -0.481 e. The molecule has 0 aliphatic rings. The van der Waals surface area contributed by atoms with Crippen molar-refractivity contribution >= 4 is 5.97 Å². The molecule has 20 heavy (non-hydrogen) atoms. The van der Waals surface area contributed by atoms with Gasteiger partial charge in [-0.25, -0.2) is 0 Å². The van der Waals surface area contributed by atoms with E-state index in [0.717, 1.165) is 11.5 Å². The van der Waals surface area contributed by atoms with Gasteiger partial charge in [-0.2, -0.15) is 0 Å². The number of rotatable bonds is 5. The predicted molar refractivity (Wildman–Crippen MR) is 77.5 cm³/mol. The monoisotopic (exact) mass is 282 g/mol. The third-order valence-electron chi connectivity index (χ3n) is 4.11. The molecule has 0 spiro atoms. The molecule has 0 saturated carbocycles. The summed E-state index contributed by atoms with van der Waals surface area (Å²) in [5, 5.41) is 16.6. The van der Waals surface area contributed by atoms with Crippen LogP contribution < -0.4 is 5.32 Å². The van der Waals surface area contributed by atoms with E-state index in [1.807, 2.05) is 19.9 Å². The third-order valence-corrected chi connectivity index (χ3v) is 4.11. The van der Waals surface area contributed by atoms with Crippen LogP contribution in [0.5, 0.6) is 0 Å². The van der Waals surface area contributed by atoms with Crippen LogP contribution in [0.25, 0.3) is 0 Å². The molecule has 1 aromatic heterocycles. The number of carboxylic acids is 1. The maximum atomic E-state index is 11.3. The molecule has 0 radical (unpaired) electrons. The van der Waals surface area contributed by atoms with E-state index in [0.29, 0.717) is 6.54 Å². The second kappa shape index (κ2) is 5.20. The molecule has 0 unspecified atom stereocenters. The van der Waals surface area contributed by atoms with E-state index in [9.17, 15) is 9.90 Å². The highest BCUT2D eigenvalue weighted by molar-refractivity contribution is 5.75. The quantitative estimate of drug-likeness (QED) is 0.868. The molecular weight excluding hydrogens is 256 g/mol. The van der Waals surface area contributed by atoms with E-state index < -0.39 is 16.9 Å². The summed E-state index contributed by atoms with van der Waals surface area (Å²) in [6.07, 6.45) is 0. The molecule has 0 aromatic carbocycles. The van der Waals surface area contributed by atoms with Crippen LogP contribution in [0.3, 0.4) is 0 Å². The zero-order chi connectivity index (χ0) is 15.8. The van der Waals surface area contributed by atoms with E-state index in [4.69, 9.17) is 4.52 Å². The van der Waals surface area contributed by atoms with Crippen LogP contribution in [0, 0.1) is 5.41 Å². The molecule has 5 heteroatoms. The first-order valence-corrected chi connectivity index (χ1v) is 6.82. The Morgan fingerprint density at radius 1 is 1.25 bits per heavy atom. The Morgan fingerprint density at radius 2 is 1.80 bits per heavy atom. The Bertz CT molecular complexity index is 482. The summed E-state index contributed by atoms with van der Waals surface area (Å²) >= 11 is 0. The molecule has 2 N–H and O–H groups in total. The summed E-state index contributed by atoms with van der Waals surface area (Å²) < 4.78 is 5.32. The lowest BCUT2D eigenvalue weighted by Gasteiger charge is -2.38. The van der Waals surface area contributed by atoms with Gasteiger partial charge in [0.1, 0.15) is 5.76 Å². The van der Waals surface area contributed by atoms with Crippen molar-refractivity contribution in [2.75, 3.05) is 0 Å². The number of hydrogen-bond donors (Lipinski definition) is 2. The van der Waals surface area contributed by atoms with Gasteiger partial charge in [-0.1, -0.05) is 25.9 Å². The van der Waals surface area contributed by atoms with Crippen molar-refractivity contribution in [1.29, 1.82) is 0 Å². The zero-order valence-corrected chi connectivity index (χ0v) is 13.5. The summed E-state index contributed by atoms with van der Waals surface area (Å²) in [6, 6.07) is 1.91. The number of aromatic nitrogens is 1. The van der Waals surface area contributed by atoms with Gasteiger partial charge in [0.25, 0.3) is 0 Å². The van der Waals surface area contributed by atoms with Crippen molar-refractivity contribution in [1.82, 2.24) is 10.5 Å². The molecule has 1 heterocycles. The van der Waals surface area contributed by atoms with Gasteiger partial charge >= 0.3 is 5.97 Å². The van der Waals surface area contributed by atoms with E-state index in [1.165, 1.54) is 0 Å². The lowest BCUT2D eigenvalue weighted by molar-refractivity contribution is -0.151. The maximum absolute atomic E-state index is 11.3. The average Bonchev–Trinajstić information content (AvgIpc) is 2.74. The fourth-order valence-corrected chi connectivity index (χ4v) is 1.55. The number of nitrogens with zero attached hydrogens (tertiary/aromatic N) is 1. The highest BCUT2D eigenvalue weighted by Crippen LogP contribution is 2.31. The third kappa shape index (κ3) is 3.39. The van der Waals surface area contributed by atoms with Crippen LogP contribution in [0.15, 0.2) is 10.6 Å².